The SMILES string of the molecule is C=CCC1c2ccccc2-c2ccc[c]([Zr+2][C]3=C(C)C(C)=C(C)C3(C)C)c21.[Cl-].[Cl-]. The fraction of sp³-hybridized carbons (Fsp3) is 0.308. The second-order valence-corrected chi connectivity index (χ2v) is 11.6. The summed E-state index contributed by atoms with van der Waals surface area (Å²) in [5.41, 5.74) is 10.9. The number of allylic oxidation sites excluding steroid dienone is 5. The quantitative estimate of drug-likeness (QED) is 0.542. The predicted octanol–water partition coefficient (Wildman–Crippen LogP) is 0.741. The Morgan fingerprint density at radius 1 is 0.931 bits per heavy atom. The molecule has 0 radical (unpaired) electrons. The van der Waals surface area contributed by atoms with Crippen molar-refractivity contribution >= 4 is 3.27 Å². The molecule has 0 aromatic heterocycles. The van der Waals surface area contributed by atoms with Crippen LogP contribution in [0.15, 0.2) is 75.1 Å². The van der Waals surface area contributed by atoms with Gasteiger partial charge in [-0.3, -0.25) is 0 Å². The van der Waals surface area contributed by atoms with Crippen LogP contribution in [0.5, 0.6) is 0 Å². The van der Waals surface area contributed by atoms with Crippen molar-refractivity contribution in [1.82, 2.24) is 0 Å². The first kappa shape index (κ1) is 24.4. The molecule has 0 saturated carbocycles. The molecular formula is C26H28Cl2Zr. The van der Waals surface area contributed by atoms with Gasteiger partial charge in [0.2, 0.25) is 0 Å². The van der Waals surface area contributed by atoms with E-state index in [1.807, 2.05) is 0 Å². The first-order chi connectivity index (χ1) is 12.9. The Kier molecular flexibility index (Phi) is 7.65. The van der Waals surface area contributed by atoms with Gasteiger partial charge in [0.05, 0.1) is 0 Å². The topological polar surface area (TPSA) is 0 Å². The van der Waals surface area contributed by atoms with Crippen LogP contribution in [0.2, 0.25) is 0 Å². The van der Waals surface area contributed by atoms with Gasteiger partial charge in [0, 0.05) is 0 Å². The zero-order chi connectivity index (χ0) is 19.3. The van der Waals surface area contributed by atoms with Gasteiger partial charge in [-0.2, -0.15) is 0 Å². The normalized spacial score (nSPS) is 18.4. The standard InChI is InChI=1S/C16H13.C10H15.2ClH.Zr/c1-2-7-12-13-8-3-5-10-15(13)16-11-6-4-9-14(12)16;1-7-6-10(4,5)9(3)8(7)2;;;/h2-6,8,10-12H,1,7H2;1-5H3;2*1H;/q;;;;+2/p-2. The Bertz CT molecular complexity index is 1010. The van der Waals surface area contributed by atoms with E-state index >= 15 is 0 Å². The molecule has 0 spiro atoms. The van der Waals surface area contributed by atoms with E-state index in [2.05, 4.69) is 89.7 Å². The van der Waals surface area contributed by atoms with E-state index in [1.54, 1.807) is 23.3 Å². The largest absolute Gasteiger partial charge is 1.00 e. The number of halogens is 2. The van der Waals surface area contributed by atoms with E-state index < -0.39 is 23.2 Å². The zero-order valence-electron chi connectivity index (χ0n) is 17.9. The Balaban J connectivity index is 0.00000150. The van der Waals surface area contributed by atoms with Crippen LogP contribution in [0, 0.1) is 5.41 Å². The summed E-state index contributed by atoms with van der Waals surface area (Å²) < 4.78 is 3.41. The molecule has 0 nitrogen and oxygen atoms in total. The summed E-state index contributed by atoms with van der Waals surface area (Å²) in [5, 5.41) is 0. The van der Waals surface area contributed by atoms with Gasteiger partial charge >= 0.3 is 176 Å². The van der Waals surface area contributed by atoms with E-state index in [4.69, 9.17) is 0 Å². The molecule has 2 aromatic rings. The Hall–Kier alpha value is -0.877. The summed E-state index contributed by atoms with van der Waals surface area (Å²) in [6.45, 7) is 15.9. The van der Waals surface area contributed by atoms with Gasteiger partial charge in [-0.05, 0) is 0 Å². The molecule has 2 aromatic carbocycles. The van der Waals surface area contributed by atoms with Crippen molar-refractivity contribution in [2.24, 2.45) is 5.41 Å². The molecule has 0 heterocycles. The summed E-state index contributed by atoms with van der Waals surface area (Å²) in [6.07, 6.45) is 3.12. The van der Waals surface area contributed by atoms with Crippen LogP contribution in [0.4, 0.5) is 0 Å². The number of rotatable bonds is 4. The van der Waals surface area contributed by atoms with Gasteiger partial charge in [0.1, 0.15) is 0 Å². The third-order valence-electron chi connectivity index (χ3n) is 6.81. The Morgan fingerprint density at radius 2 is 1.59 bits per heavy atom. The van der Waals surface area contributed by atoms with Crippen LogP contribution in [0.3, 0.4) is 0 Å². The van der Waals surface area contributed by atoms with Crippen molar-refractivity contribution < 1.29 is 48.0 Å². The van der Waals surface area contributed by atoms with Crippen LogP contribution in [0.25, 0.3) is 11.1 Å². The average Bonchev–Trinajstić information content (AvgIpc) is 3.05. The molecule has 0 amide bonds. The summed E-state index contributed by atoms with van der Waals surface area (Å²) in [5.74, 6) is 0.478. The smallest absolute Gasteiger partial charge is 1.00 e. The molecule has 1 atom stereocenters. The van der Waals surface area contributed by atoms with Crippen molar-refractivity contribution in [3.63, 3.8) is 0 Å². The molecular weight excluding hydrogens is 474 g/mol. The Morgan fingerprint density at radius 3 is 2.21 bits per heavy atom. The van der Waals surface area contributed by atoms with Crippen molar-refractivity contribution in [3.8, 4) is 11.1 Å². The van der Waals surface area contributed by atoms with E-state index in [1.165, 1.54) is 22.3 Å². The van der Waals surface area contributed by atoms with Crippen LogP contribution in [-0.2, 0) is 23.2 Å². The first-order valence-corrected chi connectivity index (χ1v) is 12.3. The summed E-state index contributed by atoms with van der Waals surface area (Å²) >= 11 is -0.884. The van der Waals surface area contributed by atoms with Gasteiger partial charge in [-0.15, -0.1) is 0 Å². The fourth-order valence-electron chi connectivity index (χ4n) is 4.88. The molecule has 0 N–H and O–H groups in total. The number of hydrogen-bond donors (Lipinski definition) is 0. The van der Waals surface area contributed by atoms with Crippen molar-refractivity contribution in [3.05, 3.63) is 86.2 Å². The van der Waals surface area contributed by atoms with Gasteiger partial charge in [0.25, 0.3) is 0 Å². The second-order valence-electron chi connectivity index (χ2n) is 8.43. The predicted molar refractivity (Wildman–Crippen MR) is 113 cm³/mol. The maximum Gasteiger partial charge on any atom is -1.00 e. The monoisotopic (exact) mass is 500 g/mol. The van der Waals surface area contributed by atoms with Crippen LogP contribution in [-0.4, -0.2) is 0 Å². The minimum Gasteiger partial charge on any atom is -1.00 e. The molecule has 2 aliphatic rings. The fourth-order valence-corrected chi connectivity index (χ4v) is 9.22. The molecule has 0 bridgehead atoms. The van der Waals surface area contributed by atoms with Crippen LogP contribution in [0.1, 0.15) is 58.1 Å². The van der Waals surface area contributed by atoms with E-state index in [0.717, 1.165) is 6.42 Å². The molecule has 0 fully saturated rings. The number of hydrogen-bond acceptors (Lipinski definition) is 0. The maximum atomic E-state index is 4.06. The molecule has 0 saturated heterocycles. The molecule has 29 heavy (non-hydrogen) atoms. The maximum absolute atomic E-state index is 4.06. The minimum atomic E-state index is -0.884. The van der Waals surface area contributed by atoms with Gasteiger partial charge in [0.15, 0.2) is 0 Å². The van der Waals surface area contributed by atoms with Crippen molar-refractivity contribution in [2.75, 3.05) is 0 Å². The molecule has 1 unspecified atom stereocenters. The van der Waals surface area contributed by atoms with E-state index in [0.29, 0.717) is 5.92 Å². The molecule has 4 rings (SSSR count). The second kappa shape index (κ2) is 9.09. The van der Waals surface area contributed by atoms with Gasteiger partial charge in [-0.1, -0.05) is 0 Å². The first-order valence-electron chi connectivity index (χ1n) is 9.87. The van der Waals surface area contributed by atoms with E-state index in [-0.39, 0.29) is 30.2 Å². The number of fused-ring (bicyclic) bond motifs is 3. The minimum absolute atomic E-state index is 0. The third-order valence-corrected chi connectivity index (χ3v) is 11.6. The Labute approximate surface area is 200 Å². The van der Waals surface area contributed by atoms with E-state index in [9.17, 15) is 0 Å². The van der Waals surface area contributed by atoms with Crippen LogP contribution >= 0.6 is 0 Å². The third kappa shape index (κ3) is 3.80. The molecule has 3 heteroatoms. The van der Waals surface area contributed by atoms with Crippen LogP contribution < -0.4 is 28.1 Å². The van der Waals surface area contributed by atoms with Crippen molar-refractivity contribution in [1.29, 1.82) is 0 Å². The summed E-state index contributed by atoms with van der Waals surface area (Å²) in [6, 6.07) is 16.0. The summed E-state index contributed by atoms with van der Waals surface area (Å²) in [4.78, 5) is 0. The van der Waals surface area contributed by atoms with Gasteiger partial charge in [-0.25, -0.2) is 0 Å². The zero-order valence-corrected chi connectivity index (χ0v) is 21.8. The number of benzene rings is 2. The van der Waals surface area contributed by atoms with Gasteiger partial charge < -0.3 is 24.8 Å². The molecule has 0 aliphatic heterocycles. The molecule has 150 valence electrons. The van der Waals surface area contributed by atoms with Crippen molar-refractivity contribution in [2.45, 2.75) is 47.0 Å². The average molecular weight is 503 g/mol. The summed E-state index contributed by atoms with van der Waals surface area (Å²) in [7, 11) is 0. The molecule has 2 aliphatic carbocycles.